The van der Waals surface area contributed by atoms with Gasteiger partial charge in [-0.05, 0) is 25.5 Å². The molecule has 1 aromatic rings. The third-order valence-corrected chi connectivity index (χ3v) is 5.25. The van der Waals surface area contributed by atoms with Gasteiger partial charge in [0, 0.05) is 12.6 Å². The minimum atomic E-state index is -3.05. The summed E-state index contributed by atoms with van der Waals surface area (Å²) in [6.45, 7) is 1.89. The standard InChI is InChI=1S/C14H18FNO4S/c1-2-16(11-7-8-21(18,19)10-11)14(17)9-20-13-6-4-3-5-12(13)15/h3-6,11H,2,7-10H2,1H3. The molecular formula is C14H18FNO4S. The first-order chi connectivity index (χ1) is 9.93. The van der Waals surface area contributed by atoms with Crippen LogP contribution in [0.2, 0.25) is 0 Å². The highest BCUT2D eigenvalue weighted by molar-refractivity contribution is 7.91. The molecule has 2 rings (SSSR count). The molecule has 5 nitrogen and oxygen atoms in total. The van der Waals surface area contributed by atoms with Crippen LogP contribution in [-0.2, 0) is 14.6 Å². The van der Waals surface area contributed by atoms with Crippen molar-refractivity contribution in [3.8, 4) is 5.75 Å². The summed E-state index contributed by atoms with van der Waals surface area (Å²) >= 11 is 0. The average Bonchev–Trinajstić information content (AvgIpc) is 2.79. The highest BCUT2D eigenvalue weighted by Gasteiger charge is 2.33. The lowest BCUT2D eigenvalue weighted by Crippen LogP contribution is -2.43. The molecule has 1 aliphatic rings. The smallest absolute Gasteiger partial charge is 0.260 e. The molecule has 0 aromatic heterocycles. The first kappa shape index (κ1) is 15.8. The molecule has 1 atom stereocenters. The first-order valence-corrected chi connectivity index (χ1v) is 8.62. The number of halogens is 1. The Morgan fingerprint density at radius 3 is 2.71 bits per heavy atom. The topological polar surface area (TPSA) is 63.7 Å². The molecule has 1 unspecified atom stereocenters. The van der Waals surface area contributed by atoms with E-state index in [1.807, 2.05) is 0 Å². The maximum Gasteiger partial charge on any atom is 0.260 e. The van der Waals surface area contributed by atoms with Gasteiger partial charge in [0.15, 0.2) is 28.0 Å². The van der Waals surface area contributed by atoms with Crippen LogP contribution in [0.5, 0.6) is 5.75 Å². The van der Waals surface area contributed by atoms with E-state index < -0.39 is 15.7 Å². The largest absolute Gasteiger partial charge is 0.481 e. The molecule has 21 heavy (non-hydrogen) atoms. The highest BCUT2D eigenvalue weighted by atomic mass is 32.2. The van der Waals surface area contributed by atoms with Crippen molar-refractivity contribution in [3.63, 3.8) is 0 Å². The molecule has 1 amide bonds. The van der Waals surface area contributed by atoms with E-state index in [1.54, 1.807) is 13.0 Å². The number of rotatable bonds is 5. The van der Waals surface area contributed by atoms with Gasteiger partial charge in [0.25, 0.3) is 5.91 Å². The first-order valence-electron chi connectivity index (χ1n) is 6.80. The Bertz CT molecular complexity index is 617. The average molecular weight is 315 g/mol. The van der Waals surface area contributed by atoms with E-state index in [0.29, 0.717) is 13.0 Å². The monoisotopic (exact) mass is 315 g/mol. The molecule has 0 N–H and O–H groups in total. The summed E-state index contributed by atoms with van der Waals surface area (Å²) in [7, 11) is -3.05. The number of likely N-dealkylation sites (N-methyl/N-ethyl adjacent to an activating group) is 1. The number of carbonyl (C=O) groups excluding carboxylic acids is 1. The van der Waals surface area contributed by atoms with Crippen molar-refractivity contribution in [1.29, 1.82) is 0 Å². The number of amides is 1. The Balaban J connectivity index is 1.97. The van der Waals surface area contributed by atoms with E-state index in [-0.39, 0.29) is 35.8 Å². The lowest BCUT2D eigenvalue weighted by atomic mass is 10.2. The summed E-state index contributed by atoms with van der Waals surface area (Å²) in [4.78, 5) is 13.6. The van der Waals surface area contributed by atoms with Gasteiger partial charge in [-0.1, -0.05) is 12.1 Å². The second-order valence-corrected chi connectivity index (χ2v) is 7.18. The van der Waals surface area contributed by atoms with Gasteiger partial charge in [0.05, 0.1) is 11.5 Å². The van der Waals surface area contributed by atoms with Crippen LogP contribution in [0.3, 0.4) is 0 Å². The van der Waals surface area contributed by atoms with Gasteiger partial charge >= 0.3 is 0 Å². The SMILES string of the molecule is CCN(C(=O)COc1ccccc1F)C1CCS(=O)(=O)C1. The predicted octanol–water partition coefficient (Wildman–Crippen LogP) is 1.24. The van der Waals surface area contributed by atoms with Crippen molar-refractivity contribution in [2.75, 3.05) is 24.7 Å². The molecule has 1 saturated heterocycles. The van der Waals surface area contributed by atoms with Crippen LogP contribution in [0.25, 0.3) is 0 Å². The van der Waals surface area contributed by atoms with Crippen molar-refractivity contribution in [2.45, 2.75) is 19.4 Å². The molecule has 1 aromatic carbocycles. The minimum Gasteiger partial charge on any atom is -0.481 e. The van der Waals surface area contributed by atoms with Crippen LogP contribution in [0.15, 0.2) is 24.3 Å². The summed E-state index contributed by atoms with van der Waals surface area (Å²) in [5, 5.41) is 0. The molecule has 1 aliphatic heterocycles. The fourth-order valence-corrected chi connectivity index (χ4v) is 4.17. The Hall–Kier alpha value is -1.63. The number of para-hydroxylation sites is 1. The second kappa shape index (κ2) is 6.43. The number of hydrogen-bond donors (Lipinski definition) is 0. The number of hydrogen-bond acceptors (Lipinski definition) is 4. The number of nitrogens with zero attached hydrogens (tertiary/aromatic N) is 1. The van der Waals surface area contributed by atoms with Crippen molar-refractivity contribution >= 4 is 15.7 Å². The maximum absolute atomic E-state index is 13.4. The van der Waals surface area contributed by atoms with E-state index in [2.05, 4.69) is 0 Å². The zero-order valence-electron chi connectivity index (χ0n) is 11.8. The van der Waals surface area contributed by atoms with Crippen molar-refractivity contribution in [3.05, 3.63) is 30.1 Å². The number of carbonyl (C=O) groups is 1. The van der Waals surface area contributed by atoms with Gasteiger partial charge in [0.1, 0.15) is 0 Å². The fourth-order valence-electron chi connectivity index (χ4n) is 2.44. The molecule has 0 saturated carbocycles. The molecular weight excluding hydrogens is 297 g/mol. The van der Waals surface area contributed by atoms with Gasteiger partial charge in [-0.15, -0.1) is 0 Å². The van der Waals surface area contributed by atoms with Crippen LogP contribution in [0.4, 0.5) is 4.39 Å². The van der Waals surface area contributed by atoms with E-state index >= 15 is 0 Å². The minimum absolute atomic E-state index is 0.00766. The zero-order valence-corrected chi connectivity index (χ0v) is 12.6. The van der Waals surface area contributed by atoms with E-state index in [1.165, 1.54) is 23.1 Å². The van der Waals surface area contributed by atoms with Gasteiger partial charge in [-0.2, -0.15) is 0 Å². The third-order valence-electron chi connectivity index (χ3n) is 3.50. The lowest BCUT2D eigenvalue weighted by molar-refractivity contribution is -0.135. The Morgan fingerprint density at radius 1 is 1.43 bits per heavy atom. The van der Waals surface area contributed by atoms with E-state index in [0.717, 1.165) is 0 Å². The summed E-state index contributed by atoms with van der Waals surface area (Å²) in [6, 6.07) is 5.53. The summed E-state index contributed by atoms with van der Waals surface area (Å²) in [5.74, 6) is -0.748. The van der Waals surface area contributed by atoms with E-state index in [9.17, 15) is 17.6 Å². The molecule has 0 aliphatic carbocycles. The molecule has 0 spiro atoms. The molecule has 1 heterocycles. The maximum atomic E-state index is 13.4. The van der Waals surface area contributed by atoms with Crippen LogP contribution in [-0.4, -0.2) is 49.9 Å². The summed E-state index contributed by atoms with van der Waals surface area (Å²) in [6.07, 6.45) is 0.446. The van der Waals surface area contributed by atoms with Gasteiger partial charge in [0.2, 0.25) is 0 Å². The Kier molecular flexibility index (Phi) is 4.82. The lowest BCUT2D eigenvalue weighted by Gasteiger charge is -2.26. The van der Waals surface area contributed by atoms with Crippen LogP contribution < -0.4 is 4.74 Å². The van der Waals surface area contributed by atoms with Crippen LogP contribution >= 0.6 is 0 Å². The van der Waals surface area contributed by atoms with Gasteiger partial charge < -0.3 is 9.64 Å². The Labute approximate surface area is 123 Å². The molecule has 1 fully saturated rings. The number of sulfone groups is 1. The van der Waals surface area contributed by atoms with Gasteiger partial charge in [-0.3, -0.25) is 4.79 Å². The Morgan fingerprint density at radius 2 is 2.14 bits per heavy atom. The van der Waals surface area contributed by atoms with Crippen LogP contribution in [0.1, 0.15) is 13.3 Å². The number of ether oxygens (including phenoxy) is 1. The third kappa shape index (κ3) is 3.93. The zero-order chi connectivity index (χ0) is 15.5. The summed E-state index contributed by atoms with van der Waals surface area (Å²) < 4.78 is 41.6. The summed E-state index contributed by atoms with van der Waals surface area (Å²) in [5.41, 5.74) is 0. The fraction of sp³-hybridized carbons (Fsp3) is 0.500. The van der Waals surface area contributed by atoms with Crippen molar-refractivity contribution in [1.82, 2.24) is 4.90 Å². The predicted molar refractivity (Wildman–Crippen MR) is 76.3 cm³/mol. The molecule has 7 heteroatoms. The van der Waals surface area contributed by atoms with Crippen LogP contribution in [0, 0.1) is 5.82 Å². The van der Waals surface area contributed by atoms with Crippen molar-refractivity contribution < 1.29 is 22.3 Å². The quantitative estimate of drug-likeness (QED) is 0.820. The number of benzene rings is 1. The molecule has 0 bridgehead atoms. The highest BCUT2D eigenvalue weighted by Crippen LogP contribution is 2.19. The molecule has 0 radical (unpaired) electrons. The second-order valence-electron chi connectivity index (χ2n) is 4.96. The van der Waals surface area contributed by atoms with Gasteiger partial charge in [-0.25, -0.2) is 12.8 Å². The van der Waals surface area contributed by atoms with Crippen molar-refractivity contribution in [2.24, 2.45) is 0 Å². The van der Waals surface area contributed by atoms with E-state index in [4.69, 9.17) is 4.74 Å². The normalized spacial score (nSPS) is 20.2. The molecule has 116 valence electrons.